The number of aromatic nitrogens is 2. The lowest BCUT2D eigenvalue weighted by Crippen LogP contribution is -2.45. The van der Waals surface area contributed by atoms with Gasteiger partial charge in [0.2, 0.25) is 0 Å². The van der Waals surface area contributed by atoms with Crippen LogP contribution in [0.15, 0.2) is 0 Å². The van der Waals surface area contributed by atoms with E-state index in [0.717, 1.165) is 36.9 Å². The Morgan fingerprint density at radius 2 is 2.00 bits per heavy atom. The largest absolute Gasteiger partial charge is 0.394 e. The van der Waals surface area contributed by atoms with Crippen molar-refractivity contribution in [3.63, 3.8) is 0 Å². The first kappa shape index (κ1) is 14.7. The SMILES string of the molecule is Cc1nnc(NC2(CO)CCC(C)CC2)c(C#N)c1C. The number of hydrogen-bond donors (Lipinski definition) is 2. The average Bonchev–Trinajstić information content (AvgIpc) is 2.46. The third kappa shape index (κ3) is 2.75. The van der Waals surface area contributed by atoms with Crippen molar-refractivity contribution in [1.82, 2.24) is 10.2 Å². The minimum absolute atomic E-state index is 0.0548. The fourth-order valence-corrected chi connectivity index (χ4v) is 2.72. The molecule has 0 bridgehead atoms. The van der Waals surface area contributed by atoms with Gasteiger partial charge >= 0.3 is 0 Å². The van der Waals surface area contributed by atoms with E-state index in [0.29, 0.717) is 17.3 Å². The standard InChI is InChI=1S/C15H22N4O/c1-10-4-6-15(9-20,7-5-10)17-14-13(8-16)11(2)12(3)18-19-14/h10,20H,4-7,9H2,1-3H3,(H,17,19). The normalized spacial score (nSPS) is 26.1. The van der Waals surface area contributed by atoms with Crippen molar-refractivity contribution in [1.29, 1.82) is 5.26 Å². The quantitative estimate of drug-likeness (QED) is 0.884. The summed E-state index contributed by atoms with van der Waals surface area (Å²) in [5.41, 5.74) is 1.78. The number of aliphatic hydroxyl groups is 1. The van der Waals surface area contributed by atoms with Gasteiger partial charge < -0.3 is 10.4 Å². The van der Waals surface area contributed by atoms with Gasteiger partial charge in [0.25, 0.3) is 0 Å². The van der Waals surface area contributed by atoms with Crippen LogP contribution in [0.4, 0.5) is 5.82 Å². The van der Waals surface area contributed by atoms with Gasteiger partial charge in [0.05, 0.1) is 17.8 Å². The molecule has 0 saturated heterocycles. The van der Waals surface area contributed by atoms with Gasteiger partial charge in [-0.05, 0) is 51.0 Å². The highest BCUT2D eigenvalue weighted by molar-refractivity contribution is 5.57. The molecular weight excluding hydrogens is 252 g/mol. The Labute approximate surface area is 120 Å². The molecule has 20 heavy (non-hydrogen) atoms. The second kappa shape index (κ2) is 5.76. The van der Waals surface area contributed by atoms with E-state index in [1.165, 1.54) is 0 Å². The van der Waals surface area contributed by atoms with E-state index in [1.54, 1.807) is 0 Å². The second-order valence-electron chi connectivity index (χ2n) is 5.99. The van der Waals surface area contributed by atoms with Crippen LogP contribution in [-0.4, -0.2) is 27.4 Å². The van der Waals surface area contributed by atoms with Crippen molar-refractivity contribution in [2.75, 3.05) is 11.9 Å². The Kier molecular flexibility index (Phi) is 4.24. The number of hydrogen-bond acceptors (Lipinski definition) is 5. The molecule has 0 aromatic carbocycles. The summed E-state index contributed by atoms with van der Waals surface area (Å²) >= 11 is 0. The number of anilines is 1. The molecule has 1 aromatic rings. The van der Waals surface area contributed by atoms with Gasteiger partial charge in [0.15, 0.2) is 5.82 Å². The summed E-state index contributed by atoms with van der Waals surface area (Å²) in [6.07, 6.45) is 3.94. The molecule has 2 N–H and O–H groups in total. The van der Waals surface area contributed by atoms with Crippen LogP contribution in [0.5, 0.6) is 0 Å². The molecule has 2 rings (SSSR count). The highest BCUT2D eigenvalue weighted by atomic mass is 16.3. The Balaban J connectivity index is 2.29. The summed E-state index contributed by atoms with van der Waals surface area (Å²) in [7, 11) is 0. The monoisotopic (exact) mass is 274 g/mol. The molecule has 1 aliphatic carbocycles. The maximum atomic E-state index is 9.78. The van der Waals surface area contributed by atoms with E-state index in [-0.39, 0.29) is 12.1 Å². The topological polar surface area (TPSA) is 81.8 Å². The molecule has 1 fully saturated rings. The zero-order chi connectivity index (χ0) is 14.8. The molecule has 1 heterocycles. The lowest BCUT2D eigenvalue weighted by atomic mass is 9.77. The predicted octanol–water partition coefficient (Wildman–Crippen LogP) is 2.32. The van der Waals surface area contributed by atoms with Crippen LogP contribution in [0.3, 0.4) is 0 Å². The first-order valence-electron chi connectivity index (χ1n) is 7.14. The van der Waals surface area contributed by atoms with E-state index in [1.807, 2.05) is 13.8 Å². The van der Waals surface area contributed by atoms with Crippen LogP contribution in [0, 0.1) is 31.1 Å². The van der Waals surface area contributed by atoms with Crippen LogP contribution in [0.25, 0.3) is 0 Å². The summed E-state index contributed by atoms with van der Waals surface area (Å²) in [4.78, 5) is 0. The van der Waals surface area contributed by atoms with Gasteiger partial charge in [0, 0.05) is 0 Å². The smallest absolute Gasteiger partial charge is 0.167 e. The number of nitrogens with zero attached hydrogens (tertiary/aromatic N) is 3. The molecule has 1 saturated carbocycles. The first-order chi connectivity index (χ1) is 9.51. The summed E-state index contributed by atoms with van der Waals surface area (Å²) in [5.74, 6) is 1.19. The van der Waals surface area contributed by atoms with Crippen LogP contribution in [-0.2, 0) is 0 Å². The van der Waals surface area contributed by atoms with Crippen molar-refractivity contribution in [3.8, 4) is 6.07 Å². The fraction of sp³-hybridized carbons (Fsp3) is 0.667. The molecule has 0 spiro atoms. The predicted molar refractivity (Wildman–Crippen MR) is 77.3 cm³/mol. The van der Waals surface area contributed by atoms with Crippen molar-refractivity contribution in [2.24, 2.45) is 5.92 Å². The van der Waals surface area contributed by atoms with Crippen LogP contribution < -0.4 is 5.32 Å². The van der Waals surface area contributed by atoms with E-state index >= 15 is 0 Å². The number of rotatable bonds is 3. The average molecular weight is 274 g/mol. The van der Waals surface area contributed by atoms with Crippen molar-refractivity contribution >= 4 is 5.82 Å². The Bertz CT molecular complexity index is 527. The summed E-state index contributed by atoms with van der Waals surface area (Å²) in [6, 6.07) is 2.20. The lowest BCUT2D eigenvalue weighted by molar-refractivity contribution is 0.155. The van der Waals surface area contributed by atoms with E-state index in [2.05, 4.69) is 28.5 Å². The molecule has 0 aliphatic heterocycles. The molecule has 0 amide bonds. The van der Waals surface area contributed by atoms with Crippen molar-refractivity contribution in [2.45, 2.75) is 52.0 Å². The molecule has 0 atom stereocenters. The molecular formula is C15H22N4O. The van der Waals surface area contributed by atoms with Gasteiger partial charge in [-0.15, -0.1) is 5.10 Å². The van der Waals surface area contributed by atoms with Gasteiger partial charge in [0.1, 0.15) is 11.6 Å². The molecule has 1 aromatic heterocycles. The minimum atomic E-state index is -0.367. The second-order valence-corrected chi connectivity index (χ2v) is 5.99. The number of nitriles is 1. The molecule has 108 valence electrons. The summed E-state index contributed by atoms with van der Waals surface area (Å²) in [5, 5.41) is 30.6. The minimum Gasteiger partial charge on any atom is -0.394 e. The van der Waals surface area contributed by atoms with Crippen LogP contribution in [0.2, 0.25) is 0 Å². The van der Waals surface area contributed by atoms with Gasteiger partial charge in [-0.25, -0.2) is 0 Å². The third-order valence-corrected chi connectivity index (χ3v) is 4.48. The van der Waals surface area contributed by atoms with Crippen LogP contribution in [0.1, 0.15) is 49.4 Å². The number of nitrogens with one attached hydrogen (secondary N) is 1. The van der Waals surface area contributed by atoms with Crippen molar-refractivity contribution in [3.05, 3.63) is 16.8 Å². The molecule has 5 heteroatoms. The summed E-state index contributed by atoms with van der Waals surface area (Å²) in [6.45, 7) is 6.01. The van der Waals surface area contributed by atoms with Gasteiger partial charge in [-0.3, -0.25) is 0 Å². The zero-order valence-corrected chi connectivity index (χ0v) is 12.4. The van der Waals surface area contributed by atoms with E-state index < -0.39 is 0 Å². The molecule has 0 radical (unpaired) electrons. The summed E-state index contributed by atoms with van der Waals surface area (Å²) < 4.78 is 0. The lowest BCUT2D eigenvalue weighted by Gasteiger charge is -2.39. The number of aryl methyl sites for hydroxylation is 1. The zero-order valence-electron chi connectivity index (χ0n) is 12.4. The van der Waals surface area contributed by atoms with Crippen LogP contribution >= 0.6 is 0 Å². The van der Waals surface area contributed by atoms with E-state index in [4.69, 9.17) is 0 Å². The highest BCUT2D eigenvalue weighted by Crippen LogP contribution is 2.34. The fourth-order valence-electron chi connectivity index (χ4n) is 2.72. The Morgan fingerprint density at radius 1 is 1.35 bits per heavy atom. The maximum Gasteiger partial charge on any atom is 0.167 e. The van der Waals surface area contributed by atoms with Gasteiger partial charge in [-0.2, -0.15) is 10.4 Å². The molecule has 1 aliphatic rings. The molecule has 5 nitrogen and oxygen atoms in total. The Hall–Kier alpha value is -1.67. The van der Waals surface area contributed by atoms with E-state index in [9.17, 15) is 10.4 Å². The third-order valence-electron chi connectivity index (χ3n) is 4.48. The maximum absolute atomic E-state index is 9.78. The Morgan fingerprint density at radius 3 is 2.55 bits per heavy atom. The highest BCUT2D eigenvalue weighted by Gasteiger charge is 2.34. The number of aliphatic hydroxyl groups excluding tert-OH is 1. The van der Waals surface area contributed by atoms with Gasteiger partial charge in [-0.1, -0.05) is 6.92 Å². The first-order valence-corrected chi connectivity index (χ1v) is 7.14. The van der Waals surface area contributed by atoms with Crippen molar-refractivity contribution < 1.29 is 5.11 Å². The molecule has 0 unspecified atom stereocenters.